The molecule has 0 aliphatic rings. The van der Waals surface area contributed by atoms with E-state index in [9.17, 15) is 0 Å². The first-order valence-corrected chi connectivity index (χ1v) is 7.78. The Morgan fingerprint density at radius 3 is 2.65 bits per heavy atom. The lowest BCUT2D eigenvalue weighted by Gasteiger charge is -1.99. The predicted octanol–water partition coefficient (Wildman–Crippen LogP) is 3.17. The fourth-order valence-corrected chi connectivity index (χ4v) is 3.25. The van der Waals surface area contributed by atoms with Crippen molar-refractivity contribution in [2.45, 2.75) is 33.1 Å². The number of rotatable bonds is 5. The molecule has 0 fully saturated rings. The average Bonchev–Trinajstić information content (AvgIpc) is 2.97. The molecular weight excluding hydrogens is 268 g/mol. The summed E-state index contributed by atoms with van der Waals surface area (Å²) in [4.78, 5) is 0.906. The second-order valence-corrected chi connectivity index (χ2v) is 6.43. The summed E-state index contributed by atoms with van der Waals surface area (Å²) in [5.41, 5.74) is 1.32. The SMILES string of the molecule is CC(C)Cc1nn2c(CCc3ccccc3)nnc2s1. The fourth-order valence-electron chi connectivity index (χ4n) is 2.19. The molecule has 0 radical (unpaired) electrons. The standard InChI is InChI=1S/C15H18N4S/c1-11(2)10-14-18-19-13(16-17-15(19)20-14)9-8-12-6-4-3-5-7-12/h3-7,11H,8-10H2,1-2H3. The number of hydrogen-bond acceptors (Lipinski definition) is 4. The second-order valence-electron chi connectivity index (χ2n) is 5.39. The van der Waals surface area contributed by atoms with Gasteiger partial charge in [0.05, 0.1) is 0 Å². The largest absolute Gasteiger partial charge is 0.234 e. The first-order valence-electron chi connectivity index (χ1n) is 6.96. The van der Waals surface area contributed by atoms with Crippen LogP contribution in [0.25, 0.3) is 4.96 Å². The molecule has 0 unspecified atom stereocenters. The third-order valence-electron chi connectivity index (χ3n) is 3.16. The highest BCUT2D eigenvalue weighted by Gasteiger charge is 2.12. The van der Waals surface area contributed by atoms with Gasteiger partial charge in [-0.15, -0.1) is 10.2 Å². The molecule has 0 aliphatic carbocycles. The van der Waals surface area contributed by atoms with Gasteiger partial charge in [-0.05, 0) is 17.9 Å². The van der Waals surface area contributed by atoms with Crippen molar-refractivity contribution >= 4 is 16.3 Å². The third kappa shape index (κ3) is 2.88. The quantitative estimate of drug-likeness (QED) is 0.723. The van der Waals surface area contributed by atoms with E-state index in [4.69, 9.17) is 0 Å². The Labute approximate surface area is 122 Å². The fraction of sp³-hybridized carbons (Fsp3) is 0.400. The van der Waals surface area contributed by atoms with Gasteiger partial charge in [0.25, 0.3) is 0 Å². The molecule has 0 saturated heterocycles. The minimum Gasteiger partial charge on any atom is -0.187 e. The van der Waals surface area contributed by atoms with Crippen LogP contribution in [0.3, 0.4) is 0 Å². The summed E-state index contributed by atoms with van der Waals surface area (Å²) in [5, 5.41) is 14.3. The van der Waals surface area contributed by atoms with Crippen molar-refractivity contribution < 1.29 is 0 Å². The van der Waals surface area contributed by atoms with Gasteiger partial charge in [-0.25, -0.2) is 0 Å². The van der Waals surface area contributed by atoms with Gasteiger partial charge in [0.15, 0.2) is 5.82 Å². The average molecular weight is 286 g/mol. The van der Waals surface area contributed by atoms with E-state index in [0.717, 1.165) is 35.1 Å². The Balaban J connectivity index is 1.76. The zero-order chi connectivity index (χ0) is 13.9. The third-order valence-corrected chi connectivity index (χ3v) is 4.08. The van der Waals surface area contributed by atoms with Gasteiger partial charge in [-0.2, -0.15) is 9.61 Å². The maximum Gasteiger partial charge on any atom is 0.234 e. The van der Waals surface area contributed by atoms with Gasteiger partial charge in [0.2, 0.25) is 4.96 Å². The Morgan fingerprint density at radius 1 is 1.10 bits per heavy atom. The first-order chi connectivity index (χ1) is 9.72. The lowest BCUT2D eigenvalue weighted by atomic mass is 10.1. The Morgan fingerprint density at radius 2 is 1.90 bits per heavy atom. The van der Waals surface area contributed by atoms with Crippen LogP contribution in [0.5, 0.6) is 0 Å². The van der Waals surface area contributed by atoms with Crippen molar-refractivity contribution in [2.24, 2.45) is 5.92 Å². The van der Waals surface area contributed by atoms with Crippen molar-refractivity contribution in [1.82, 2.24) is 19.8 Å². The summed E-state index contributed by atoms with van der Waals surface area (Å²) in [7, 11) is 0. The van der Waals surface area contributed by atoms with E-state index in [0.29, 0.717) is 5.92 Å². The van der Waals surface area contributed by atoms with Gasteiger partial charge in [0.1, 0.15) is 5.01 Å². The molecule has 3 rings (SSSR count). The lowest BCUT2D eigenvalue weighted by Crippen LogP contribution is -2.01. The van der Waals surface area contributed by atoms with Gasteiger partial charge in [0, 0.05) is 12.8 Å². The monoisotopic (exact) mass is 286 g/mol. The second kappa shape index (κ2) is 5.71. The van der Waals surface area contributed by atoms with Gasteiger partial charge in [-0.3, -0.25) is 0 Å². The minimum absolute atomic E-state index is 0.617. The van der Waals surface area contributed by atoms with Crippen LogP contribution < -0.4 is 0 Å². The van der Waals surface area contributed by atoms with Crippen molar-refractivity contribution in [1.29, 1.82) is 0 Å². The molecule has 1 aromatic carbocycles. The van der Waals surface area contributed by atoms with E-state index >= 15 is 0 Å². The summed E-state index contributed by atoms with van der Waals surface area (Å²) >= 11 is 1.65. The van der Waals surface area contributed by atoms with Crippen LogP contribution in [0.1, 0.15) is 30.2 Å². The highest BCUT2D eigenvalue weighted by Crippen LogP contribution is 2.18. The van der Waals surface area contributed by atoms with E-state index in [2.05, 4.69) is 53.4 Å². The molecule has 2 aromatic heterocycles. The number of aromatic nitrogens is 4. The molecule has 3 aromatic rings. The Kier molecular flexibility index (Phi) is 3.78. The van der Waals surface area contributed by atoms with Crippen LogP contribution in [-0.4, -0.2) is 19.8 Å². The molecule has 4 nitrogen and oxygen atoms in total. The number of aryl methyl sites for hydroxylation is 2. The van der Waals surface area contributed by atoms with Crippen LogP contribution in [0.15, 0.2) is 30.3 Å². The summed E-state index contributed by atoms with van der Waals surface area (Å²) < 4.78 is 1.91. The summed E-state index contributed by atoms with van der Waals surface area (Å²) in [6, 6.07) is 10.5. The molecule has 0 aliphatic heterocycles. The van der Waals surface area contributed by atoms with E-state index in [1.807, 2.05) is 10.6 Å². The van der Waals surface area contributed by atoms with Crippen LogP contribution in [0.4, 0.5) is 0 Å². The predicted molar refractivity (Wildman–Crippen MR) is 81.1 cm³/mol. The van der Waals surface area contributed by atoms with E-state index in [1.54, 1.807) is 11.3 Å². The van der Waals surface area contributed by atoms with Crippen LogP contribution in [-0.2, 0) is 19.3 Å². The number of nitrogens with zero attached hydrogens (tertiary/aromatic N) is 4. The lowest BCUT2D eigenvalue weighted by molar-refractivity contribution is 0.633. The van der Waals surface area contributed by atoms with E-state index < -0.39 is 0 Å². The summed E-state index contributed by atoms with van der Waals surface area (Å²) in [6.07, 6.45) is 2.85. The molecule has 0 amide bonds. The number of fused-ring (bicyclic) bond motifs is 1. The van der Waals surface area contributed by atoms with Crippen LogP contribution >= 0.6 is 11.3 Å². The smallest absolute Gasteiger partial charge is 0.187 e. The topological polar surface area (TPSA) is 43.1 Å². The van der Waals surface area contributed by atoms with Crippen LogP contribution in [0, 0.1) is 5.92 Å². The number of hydrogen-bond donors (Lipinski definition) is 0. The summed E-state index contributed by atoms with van der Waals surface area (Å²) in [6.45, 7) is 4.41. The molecule has 0 N–H and O–H groups in total. The Bertz CT molecular complexity index is 684. The van der Waals surface area contributed by atoms with Gasteiger partial charge >= 0.3 is 0 Å². The maximum absolute atomic E-state index is 4.64. The number of benzene rings is 1. The molecular formula is C15H18N4S. The molecule has 0 spiro atoms. The van der Waals surface area contributed by atoms with Crippen molar-refractivity contribution in [3.05, 3.63) is 46.7 Å². The zero-order valence-electron chi connectivity index (χ0n) is 11.8. The molecule has 5 heteroatoms. The molecule has 0 bridgehead atoms. The molecule has 2 heterocycles. The highest BCUT2D eigenvalue weighted by molar-refractivity contribution is 7.16. The maximum atomic E-state index is 4.64. The normalized spacial score (nSPS) is 11.6. The molecule has 104 valence electrons. The van der Waals surface area contributed by atoms with Crippen molar-refractivity contribution in [2.75, 3.05) is 0 Å². The summed E-state index contributed by atoms with van der Waals surface area (Å²) in [5.74, 6) is 1.57. The van der Waals surface area contributed by atoms with Crippen molar-refractivity contribution in [3.8, 4) is 0 Å². The van der Waals surface area contributed by atoms with E-state index in [1.165, 1.54) is 5.56 Å². The van der Waals surface area contributed by atoms with E-state index in [-0.39, 0.29) is 0 Å². The molecule has 20 heavy (non-hydrogen) atoms. The highest BCUT2D eigenvalue weighted by atomic mass is 32.1. The van der Waals surface area contributed by atoms with Gasteiger partial charge in [-0.1, -0.05) is 55.5 Å². The first kappa shape index (κ1) is 13.2. The molecule has 0 saturated carbocycles. The zero-order valence-corrected chi connectivity index (χ0v) is 12.6. The minimum atomic E-state index is 0.617. The van der Waals surface area contributed by atoms with Crippen LogP contribution in [0.2, 0.25) is 0 Å². The van der Waals surface area contributed by atoms with Crippen molar-refractivity contribution in [3.63, 3.8) is 0 Å². The van der Waals surface area contributed by atoms with Gasteiger partial charge < -0.3 is 0 Å². The molecule has 0 atom stereocenters. The Hall–Kier alpha value is -1.75.